The number of carbonyl (C=O) groups is 1. The maximum atomic E-state index is 11.7. The third-order valence-electron chi connectivity index (χ3n) is 2.82. The molecule has 0 aliphatic carbocycles. The Bertz CT molecular complexity index is 566. The summed E-state index contributed by atoms with van der Waals surface area (Å²) in [7, 11) is 0. The molecule has 0 bridgehead atoms. The molecule has 0 atom stereocenters. The molecule has 1 aromatic carbocycles. The number of hydrogen-bond acceptors (Lipinski definition) is 3. The van der Waals surface area contributed by atoms with E-state index in [1.165, 1.54) is 10.4 Å². The highest BCUT2D eigenvalue weighted by Crippen LogP contribution is 2.21. The molecule has 2 aromatic rings. The summed E-state index contributed by atoms with van der Waals surface area (Å²) in [5, 5.41) is 6.04. The van der Waals surface area contributed by atoms with E-state index in [2.05, 4.69) is 33.5 Å². The minimum absolute atomic E-state index is 0.0150. The lowest BCUT2D eigenvalue weighted by atomic mass is 10.1. The van der Waals surface area contributed by atoms with Crippen molar-refractivity contribution in [3.8, 4) is 0 Å². The minimum atomic E-state index is 0.0150. The van der Waals surface area contributed by atoms with Gasteiger partial charge in [0, 0.05) is 18.0 Å². The van der Waals surface area contributed by atoms with Crippen molar-refractivity contribution in [2.75, 3.05) is 6.54 Å². The van der Waals surface area contributed by atoms with Crippen molar-refractivity contribution in [1.82, 2.24) is 10.6 Å². The first kappa shape index (κ1) is 15.2. The van der Waals surface area contributed by atoms with Crippen molar-refractivity contribution in [2.45, 2.75) is 20.0 Å². The van der Waals surface area contributed by atoms with Gasteiger partial charge in [0.1, 0.15) is 0 Å². The molecule has 0 spiro atoms. The summed E-state index contributed by atoms with van der Waals surface area (Å²) in [4.78, 5) is 12.9. The van der Waals surface area contributed by atoms with Crippen molar-refractivity contribution >= 4 is 33.2 Å². The number of halogens is 1. The summed E-state index contributed by atoms with van der Waals surface area (Å²) >= 11 is 5.09. The Balaban J connectivity index is 1.66. The van der Waals surface area contributed by atoms with Crippen LogP contribution in [0.3, 0.4) is 0 Å². The van der Waals surface area contributed by atoms with Crippen molar-refractivity contribution in [3.63, 3.8) is 0 Å². The van der Waals surface area contributed by atoms with Crippen LogP contribution < -0.4 is 10.6 Å². The zero-order chi connectivity index (χ0) is 14.4. The molecule has 0 radical (unpaired) electrons. The lowest BCUT2D eigenvalue weighted by Gasteiger charge is -2.06. The van der Waals surface area contributed by atoms with Gasteiger partial charge >= 0.3 is 0 Å². The largest absolute Gasteiger partial charge is 0.351 e. The van der Waals surface area contributed by atoms with Crippen molar-refractivity contribution in [2.24, 2.45) is 0 Å². The molecule has 20 heavy (non-hydrogen) atoms. The first-order valence-electron chi connectivity index (χ1n) is 6.40. The van der Waals surface area contributed by atoms with E-state index in [1.807, 2.05) is 36.4 Å². The topological polar surface area (TPSA) is 41.1 Å². The van der Waals surface area contributed by atoms with Crippen LogP contribution in [-0.4, -0.2) is 12.5 Å². The van der Waals surface area contributed by atoms with E-state index < -0.39 is 0 Å². The molecular weight excluding hydrogens is 336 g/mol. The van der Waals surface area contributed by atoms with Crippen LogP contribution in [-0.2, 0) is 17.9 Å². The summed E-state index contributed by atoms with van der Waals surface area (Å²) in [5.74, 6) is 0.0150. The van der Waals surface area contributed by atoms with Crippen molar-refractivity contribution < 1.29 is 4.79 Å². The van der Waals surface area contributed by atoms with Gasteiger partial charge in [0.25, 0.3) is 0 Å². The Kier molecular flexibility index (Phi) is 5.76. The van der Waals surface area contributed by atoms with Gasteiger partial charge in [-0.3, -0.25) is 4.79 Å². The van der Waals surface area contributed by atoms with Crippen LogP contribution in [0, 0.1) is 6.92 Å². The highest BCUT2D eigenvalue weighted by Gasteiger charge is 2.02. The Hall–Kier alpha value is -1.17. The molecule has 0 unspecified atom stereocenters. The van der Waals surface area contributed by atoms with E-state index in [0.29, 0.717) is 19.6 Å². The molecule has 1 aromatic heterocycles. The average molecular weight is 353 g/mol. The van der Waals surface area contributed by atoms with E-state index >= 15 is 0 Å². The Labute approximate surface area is 131 Å². The highest BCUT2D eigenvalue weighted by atomic mass is 79.9. The first-order valence-corrected chi connectivity index (χ1v) is 8.01. The lowest BCUT2D eigenvalue weighted by molar-refractivity contribution is -0.120. The second-order valence-corrected chi connectivity index (χ2v) is 7.12. The van der Waals surface area contributed by atoms with Crippen LogP contribution >= 0.6 is 27.3 Å². The highest BCUT2D eigenvalue weighted by molar-refractivity contribution is 9.11. The Morgan fingerprint density at radius 2 is 1.90 bits per heavy atom. The predicted octanol–water partition coefficient (Wildman–Crippen LogP) is 3.23. The predicted molar refractivity (Wildman–Crippen MR) is 86.8 cm³/mol. The van der Waals surface area contributed by atoms with Gasteiger partial charge in [-0.2, -0.15) is 0 Å². The maximum absolute atomic E-state index is 11.7. The molecule has 1 heterocycles. The van der Waals surface area contributed by atoms with Crippen LogP contribution in [0.4, 0.5) is 0 Å². The van der Waals surface area contributed by atoms with Gasteiger partial charge in [-0.1, -0.05) is 29.8 Å². The van der Waals surface area contributed by atoms with E-state index in [0.717, 1.165) is 9.35 Å². The van der Waals surface area contributed by atoms with Gasteiger partial charge in [-0.15, -0.1) is 11.3 Å². The maximum Gasteiger partial charge on any atom is 0.234 e. The first-order chi connectivity index (χ1) is 9.63. The molecule has 0 aliphatic rings. The number of hydrogen-bond donors (Lipinski definition) is 2. The average Bonchev–Trinajstić information content (AvgIpc) is 2.84. The van der Waals surface area contributed by atoms with Gasteiger partial charge in [0.05, 0.1) is 10.3 Å². The zero-order valence-corrected chi connectivity index (χ0v) is 13.7. The van der Waals surface area contributed by atoms with Gasteiger partial charge in [0.15, 0.2) is 0 Å². The van der Waals surface area contributed by atoms with Gasteiger partial charge in [0.2, 0.25) is 5.91 Å². The Morgan fingerprint density at radius 1 is 1.15 bits per heavy atom. The molecule has 3 nitrogen and oxygen atoms in total. The SMILES string of the molecule is Cc1ccc(CNC(=O)CNCc2ccc(Br)s2)cc1. The molecule has 0 fully saturated rings. The zero-order valence-electron chi connectivity index (χ0n) is 11.3. The third kappa shape index (κ3) is 5.07. The molecule has 1 amide bonds. The molecule has 0 saturated carbocycles. The molecule has 2 N–H and O–H groups in total. The fourth-order valence-corrected chi connectivity index (χ4v) is 3.17. The number of aryl methyl sites for hydroxylation is 1. The van der Waals surface area contributed by atoms with Crippen LogP contribution in [0.1, 0.15) is 16.0 Å². The van der Waals surface area contributed by atoms with Gasteiger partial charge in [-0.05, 0) is 40.5 Å². The number of rotatable bonds is 6. The third-order valence-corrected chi connectivity index (χ3v) is 4.45. The number of benzene rings is 1. The summed E-state index contributed by atoms with van der Waals surface area (Å²) in [6.07, 6.45) is 0. The number of nitrogens with one attached hydrogen (secondary N) is 2. The van der Waals surface area contributed by atoms with Crippen LogP contribution in [0.15, 0.2) is 40.2 Å². The summed E-state index contributed by atoms with van der Waals surface area (Å²) in [6, 6.07) is 12.2. The van der Waals surface area contributed by atoms with Gasteiger partial charge < -0.3 is 10.6 Å². The van der Waals surface area contributed by atoms with Crippen molar-refractivity contribution in [3.05, 3.63) is 56.2 Å². The lowest BCUT2D eigenvalue weighted by Crippen LogP contribution is -2.33. The quantitative estimate of drug-likeness (QED) is 0.837. The van der Waals surface area contributed by atoms with Crippen molar-refractivity contribution in [1.29, 1.82) is 0 Å². The Morgan fingerprint density at radius 3 is 2.55 bits per heavy atom. The van der Waals surface area contributed by atoms with Crippen LogP contribution in [0.5, 0.6) is 0 Å². The summed E-state index contributed by atoms with van der Waals surface area (Å²) in [5.41, 5.74) is 2.34. The van der Waals surface area contributed by atoms with E-state index in [-0.39, 0.29) is 5.91 Å². The van der Waals surface area contributed by atoms with Crippen LogP contribution in [0.25, 0.3) is 0 Å². The molecular formula is C15H17BrN2OS. The fourth-order valence-electron chi connectivity index (χ4n) is 1.72. The normalized spacial score (nSPS) is 10.5. The standard InChI is InChI=1S/C15H17BrN2OS/c1-11-2-4-12(5-3-11)8-18-15(19)10-17-9-13-6-7-14(16)20-13/h2-7,17H,8-10H2,1H3,(H,18,19). The number of carbonyl (C=O) groups excluding carboxylic acids is 1. The number of amides is 1. The second-order valence-electron chi connectivity index (χ2n) is 4.57. The molecule has 5 heteroatoms. The molecule has 0 saturated heterocycles. The summed E-state index contributed by atoms with van der Waals surface area (Å²) < 4.78 is 1.11. The molecule has 2 rings (SSSR count). The summed E-state index contributed by atoms with van der Waals surface area (Å²) in [6.45, 7) is 3.68. The second kappa shape index (κ2) is 7.57. The minimum Gasteiger partial charge on any atom is -0.351 e. The van der Waals surface area contributed by atoms with E-state index in [1.54, 1.807) is 11.3 Å². The monoisotopic (exact) mass is 352 g/mol. The van der Waals surface area contributed by atoms with Crippen LogP contribution in [0.2, 0.25) is 0 Å². The number of thiophene rings is 1. The molecule has 106 valence electrons. The van der Waals surface area contributed by atoms with E-state index in [4.69, 9.17) is 0 Å². The molecule has 0 aliphatic heterocycles. The van der Waals surface area contributed by atoms with E-state index in [9.17, 15) is 4.79 Å². The smallest absolute Gasteiger partial charge is 0.234 e. The van der Waals surface area contributed by atoms with Gasteiger partial charge in [-0.25, -0.2) is 0 Å². The fraction of sp³-hybridized carbons (Fsp3) is 0.267.